The van der Waals surface area contributed by atoms with Gasteiger partial charge in [-0.05, 0) is 31.4 Å². The zero-order chi connectivity index (χ0) is 11.0. The van der Waals surface area contributed by atoms with Gasteiger partial charge in [-0.3, -0.25) is 4.79 Å². The predicted molar refractivity (Wildman–Crippen MR) is 59.1 cm³/mol. The maximum absolute atomic E-state index is 11.0. The highest BCUT2D eigenvalue weighted by molar-refractivity contribution is 5.91. The molecule has 0 aliphatic heterocycles. The fourth-order valence-corrected chi connectivity index (χ4v) is 1.28. The molecule has 0 aromatic heterocycles. The van der Waals surface area contributed by atoms with E-state index in [1.54, 1.807) is 6.08 Å². The Labute approximate surface area is 86.6 Å². The quantitative estimate of drug-likeness (QED) is 0.648. The molecule has 0 spiro atoms. The molecule has 14 heavy (non-hydrogen) atoms. The van der Waals surface area contributed by atoms with E-state index >= 15 is 0 Å². The second-order valence-corrected chi connectivity index (χ2v) is 2.85. The van der Waals surface area contributed by atoms with Crippen molar-refractivity contribution in [1.82, 2.24) is 0 Å². The van der Waals surface area contributed by atoms with Crippen LogP contribution in [-0.2, 0) is 9.53 Å². The van der Waals surface area contributed by atoms with Gasteiger partial charge in [0.25, 0.3) is 0 Å². The predicted octanol–water partition coefficient (Wildman–Crippen LogP) is 3.24. The lowest BCUT2D eigenvalue weighted by Crippen LogP contribution is -2.05. The molecule has 0 atom stereocenters. The molecule has 0 aromatic rings. The summed E-state index contributed by atoms with van der Waals surface area (Å²) in [5, 5.41) is 0. The zero-order valence-corrected chi connectivity index (χ0v) is 9.43. The number of rotatable bonds is 3. The molecule has 0 amide bonds. The molecule has 80 valence electrons. The van der Waals surface area contributed by atoms with E-state index in [0.29, 0.717) is 18.8 Å². The van der Waals surface area contributed by atoms with E-state index in [1.807, 2.05) is 20.8 Å². The lowest BCUT2D eigenvalue weighted by atomic mass is 9.98. The molecule has 2 nitrogen and oxygen atoms in total. The molecule has 1 rings (SSSR count). The van der Waals surface area contributed by atoms with Crippen molar-refractivity contribution >= 4 is 5.78 Å². The van der Waals surface area contributed by atoms with Gasteiger partial charge >= 0.3 is 0 Å². The van der Waals surface area contributed by atoms with E-state index in [4.69, 9.17) is 4.74 Å². The molecule has 0 saturated heterocycles. The fraction of sp³-hybridized carbons (Fsp3) is 0.583. The highest BCUT2D eigenvalue weighted by Gasteiger charge is 2.12. The SMILES string of the molecule is C=C(OCC)C1=CC(=O)CCC1.CC. The Bertz CT molecular complexity index is 226. The number of carbonyl (C=O) groups is 1. The van der Waals surface area contributed by atoms with Crippen molar-refractivity contribution in [2.75, 3.05) is 6.61 Å². The van der Waals surface area contributed by atoms with Crippen LogP contribution in [0, 0.1) is 0 Å². The van der Waals surface area contributed by atoms with Gasteiger partial charge < -0.3 is 4.74 Å². The van der Waals surface area contributed by atoms with E-state index in [0.717, 1.165) is 18.4 Å². The van der Waals surface area contributed by atoms with Crippen molar-refractivity contribution in [3.63, 3.8) is 0 Å². The van der Waals surface area contributed by atoms with Crippen LogP contribution >= 0.6 is 0 Å². The smallest absolute Gasteiger partial charge is 0.156 e. The molecule has 0 fully saturated rings. The summed E-state index contributed by atoms with van der Waals surface area (Å²) in [6.07, 6.45) is 4.17. The Morgan fingerprint density at radius 1 is 1.50 bits per heavy atom. The van der Waals surface area contributed by atoms with Crippen LogP contribution in [0.1, 0.15) is 40.0 Å². The standard InChI is InChI=1S/C10H14O2.C2H6/c1-3-12-8(2)9-5-4-6-10(11)7-9;1-2/h7H,2-6H2,1H3;1-2H3. The van der Waals surface area contributed by atoms with Crippen LogP contribution in [0.4, 0.5) is 0 Å². The van der Waals surface area contributed by atoms with E-state index in [1.165, 1.54) is 0 Å². The molecule has 0 unspecified atom stereocenters. The summed E-state index contributed by atoms with van der Waals surface area (Å²) in [6, 6.07) is 0. The minimum atomic E-state index is 0.192. The van der Waals surface area contributed by atoms with Crippen molar-refractivity contribution in [2.24, 2.45) is 0 Å². The Morgan fingerprint density at radius 3 is 2.64 bits per heavy atom. The summed E-state index contributed by atoms with van der Waals surface area (Å²) >= 11 is 0. The highest BCUT2D eigenvalue weighted by Crippen LogP contribution is 2.21. The van der Waals surface area contributed by atoms with Crippen LogP contribution in [0.2, 0.25) is 0 Å². The molecule has 0 saturated carbocycles. The summed E-state index contributed by atoms with van der Waals surface area (Å²) in [5.74, 6) is 0.850. The van der Waals surface area contributed by atoms with E-state index in [-0.39, 0.29) is 5.78 Å². The first-order chi connectivity index (χ1) is 6.74. The van der Waals surface area contributed by atoms with Gasteiger partial charge in [0.15, 0.2) is 5.78 Å². The fourth-order valence-electron chi connectivity index (χ4n) is 1.28. The highest BCUT2D eigenvalue weighted by atomic mass is 16.5. The van der Waals surface area contributed by atoms with Crippen molar-refractivity contribution in [2.45, 2.75) is 40.0 Å². The maximum Gasteiger partial charge on any atom is 0.156 e. The Kier molecular flexibility index (Phi) is 6.81. The number of ether oxygens (including phenoxy) is 1. The van der Waals surface area contributed by atoms with Crippen LogP contribution in [-0.4, -0.2) is 12.4 Å². The van der Waals surface area contributed by atoms with E-state index in [9.17, 15) is 4.79 Å². The second-order valence-electron chi connectivity index (χ2n) is 2.85. The van der Waals surface area contributed by atoms with Crippen LogP contribution in [0.25, 0.3) is 0 Å². The normalized spacial score (nSPS) is 15.1. The Hall–Kier alpha value is -1.05. The summed E-state index contributed by atoms with van der Waals surface area (Å²) < 4.78 is 5.21. The molecule has 0 radical (unpaired) electrons. The first kappa shape index (κ1) is 12.9. The lowest BCUT2D eigenvalue weighted by molar-refractivity contribution is -0.115. The van der Waals surface area contributed by atoms with Gasteiger partial charge in [0.1, 0.15) is 5.76 Å². The van der Waals surface area contributed by atoms with Crippen molar-refractivity contribution < 1.29 is 9.53 Å². The number of ketones is 1. The van der Waals surface area contributed by atoms with Gasteiger partial charge in [-0.25, -0.2) is 0 Å². The van der Waals surface area contributed by atoms with Gasteiger partial charge in [-0.1, -0.05) is 20.4 Å². The number of hydrogen-bond acceptors (Lipinski definition) is 2. The Balaban J connectivity index is 0.000000791. The number of carbonyl (C=O) groups excluding carboxylic acids is 1. The molecule has 1 aliphatic carbocycles. The first-order valence-electron chi connectivity index (χ1n) is 5.29. The molecule has 0 bridgehead atoms. The molecule has 1 aliphatic rings. The van der Waals surface area contributed by atoms with Gasteiger partial charge in [-0.2, -0.15) is 0 Å². The topological polar surface area (TPSA) is 26.3 Å². The molecule has 0 aromatic carbocycles. The summed E-state index contributed by atoms with van der Waals surface area (Å²) in [5.41, 5.74) is 0.966. The Morgan fingerprint density at radius 2 is 2.14 bits per heavy atom. The molecular weight excluding hydrogens is 176 g/mol. The summed E-state index contributed by atoms with van der Waals surface area (Å²) in [7, 11) is 0. The molecule has 2 heteroatoms. The third-order valence-corrected chi connectivity index (χ3v) is 1.88. The summed E-state index contributed by atoms with van der Waals surface area (Å²) in [6.45, 7) is 10.3. The number of hydrogen-bond donors (Lipinski definition) is 0. The zero-order valence-electron chi connectivity index (χ0n) is 9.43. The van der Waals surface area contributed by atoms with Crippen LogP contribution < -0.4 is 0 Å². The largest absolute Gasteiger partial charge is 0.494 e. The second kappa shape index (κ2) is 7.36. The lowest BCUT2D eigenvalue weighted by Gasteiger charge is -2.14. The van der Waals surface area contributed by atoms with Crippen LogP contribution in [0.5, 0.6) is 0 Å². The minimum Gasteiger partial charge on any atom is -0.494 e. The first-order valence-corrected chi connectivity index (χ1v) is 5.29. The van der Waals surface area contributed by atoms with Gasteiger partial charge in [0.2, 0.25) is 0 Å². The third-order valence-electron chi connectivity index (χ3n) is 1.88. The molecule has 0 heterocycles. The van der Waals surface area contributed by atoms with Crippen molar-refractivity contribution in [3.8, 4) is 0 Å². The summed E-state index contributed by atoms with van der Waals surface area (Å²) in [4.78, 5) is 11.0. The van der Waals surface area contributed by atoms with E-state index < -0.39 is 0 Å². The molecular formula is C12H20O2. The molecule has 0 N–H and O–H groups in total. The third kappa shape index (κ3) is 4.26. The van der Waals surface area contributed by atoms with Gasteiger partial charge in [0, 0.05) is 6.42 Å². The van der Waals surface area contributed by atoms with Gasteiger partial charge in [-0.15, -0.1) is 0 Å². The van der Waals surface area contributed by atoms with Crippen LogP contribution in [0.15, 0.2) is 24.0 Å². The minimum absolute atomic E-state index is 0.192. The number of allylic oxidation sites excluding steroid dienone is 2. The van der Waals surface area contributed by atoms with Crippen molar-refractivity contribution in [3.05, 3.63) is 24.0 Å². The van der Waals surface area contributed by atoms with Gasteiger partial charge in [0.05, 0.1) is 6.61 Å². The average molecular weight is 196 g/mol. The maximum atomic E-state index is 11.0. The average Bonchev–Trinajstić information content (AvgIpc) is 2.21. The van der Waals surface area contributed by atoms with Crippen molar-refractivity contribution in [1.29, 1.82) is 0 Å². The monoisotopic (exact) mass is 196 g/mol. The van der Waals surface area contributed by atoms with Crippen LogP contribution in [0.3, 0.4) is 0 Å². The van der Waals surface area contributed by atoms with E-state index in [2.05, 4.69) is 6.58 Å².